The highest BCUT2D eigenvalue weighted by Gasteiger charge is 2.32. The first-order chi connectivity index (χ1) is 17.3. The molecule has 4 rings (SSSR count). The number of carboxylic acid groups (broad SMARTS) is 1. The molecule has 1 heterocycles. The molecule has 1 aliphatic rings. The molecule has 9 nitrogen and oxygen atoms in total. The van der Waals surface area contributed by atoms with Gasteiger partial charge in [-0.3, -0.25) is 19.8 Å². The number of thioether (sulfide) groups is 1. The average Bonchev–Trinajstić information content (AvgIpc) is 3.17. The Morgan fingerprint density at radius 1 is 1.14 bits per heavy atom. The fourth-order valence-corrected chi connectivity index (χ4v) is 4.44. The molecule has 1 aliphatic heterocycles. The number of amidine groups is 1. The molecule has 0 spiro atoms. The molecule has 3 aromatic carbocycles. The normalized spacial score (nSPS) is 15.5. The molecule has 0 aliphatic carbocycles. The molecule has 0 radical (unpaired) electrons. The summed E-state index contributed by atoms with van der Waals surface area (Å²) in [4.78, 5) is 41.0. The first-order valence-electron chi connectivity index (χ1n) is 10.9. The predicted molar refractivity (Wildman–Crippen MR) is 137 cm³/mol. The van der Waals surface area contributed by atoms with Gasteiger partial charge in [0.05, 0.1) is 21.1 Å². The average molecular weight is 504 g/mol. The maximum absolute atomic E-state index is 12.9. The second-order valence-electron chi connectivity index (χ2n) is 7.69. The summed E-state index contributed by atoms with van der Waals surface area (Å²) >= 11 is 1.23. The van der Waals surface area contributed by atoms with E-state index >= 15 is 0 Å². The Morgan fingerprint density at radius 3 is 2.50 bits per heavy atom. The molecule has 0 unspecified atom stereocenters. The molecular weight excluding hydrogens is 482 g/mol. The third kappa shape index (κ3) is 5.78. The van der Waals surface area contributed by atoms with Crippen LogP contribution in [0.15, 0.2) is 82.7 Å². The van der Waals surface area contributed by atoms with Crippen LogP contribution in [0.25, 0.3) is 6.08 Å². The summed E-state index contributed by atoms with van der Waals surface area (Å²) in [6, 6.07) is 19.6. The molecule has 1 N–H and O–H groups in total. The van der Waals surface area contributed by atoms with Crippen molar-refractivity contribution in [2.45, 2.75) is 13.5 Å². The lowest BCUT2D eigenvalue weighted by Crippen LogP contribution is -2.28. The van der Waals surface area contributed by atoms with Gasteiger partial charge in [0.25, 0.3) is 11.6 Å². The number of hydrogen-bond acceptors (Lipinski definition) is 7. The number of carboxylic acids is 1. The highest BCUT2D eigenvalue weighted by Crippen LogP contribution is 2.34. The number of aliphatic imine (C=N–C) groups is 1. The molecule has 0 atom stereocenters. The summed E-state index contributed by atoms with van der Waals surface area (Å²) in [6.07, 6.45) is 1.77. The van der Waals surface area contributed by atoms with Crippen LogP contribution in [0.5, 0.6) is 5.75 Å². The minimum atomic E-state index is -1.04. The van der Waals surface area contributed by atoms with E-state index in [0.29, 0.717) is 28.1 Å². The van der Waals surface area contributed by atoms with Gasteiger partial charge < -0.3 is 9.84 Å². The zero-order valence-corrected chi connectivity index (χ0v) is 20.0. The van der Waals surface area contributed by atoms with Gasteiger partial charge in [0.1, 0.15) is 12.4 Å². The Balaban J connectivity index is 1.45. The lowest BCUT2D eigenvalue weighted by molar-refractivity contribution is -0.384. The first kappa shape index (κ1) is 24.7. The van der Waals surface area contributed by atoms with Crippen molar-refractivity contribution in [3.63, 3.8) is 0 Å². The number of ether oxygens (including phenoxy) is 1. The topological polar surface area (TPSA) is 122 Å². The smallest absolute Gasteiger partial charge is 0.335 e. The van der Waals surface area contributed by atoms with Crippen LogP contribution in [0, 0.1) is 10.1 Å². The zero-order chi connectivity index (χ0) is 25.7. The lowest BCUT2D eigenvalue weighted by atomic mass is 10.2. The quantitative estimate of drug-likeness (QED) is 0.245. The molecule has 182 valence electrons. The van der Waals surface area contributed by atoms with E-state index in [2.05, 4.69) is 4.99 Å². The van der Waals surface area contributed by atoms with Crippen molar-refractivity contribution in [2.75, 3.05) is 6.54 Å². The Labute approximate surface area is 210 Å². The van der Waals surface area contributed by atoms with E-state index in [1.54, 1.807) is 47.4 Å². The van der Waals surface area contributed by atoms with Crippen LogP contribution in [-0.4, -0.2) is 38.5 Å². The number of aromatic carboxylic acids is 1. The van der Waals surface area contributed by atoms with Crippen molar-refractivity contribution >= 4 is 46.3 Å². The minimum absolute atomic E-state index is 0.0269. The van der Waals surface area contributed by atoms with Gasteiger partial charge in [-0.05, 0) is 78.4 Å². The number of non-ortho nitro benzene ring substituents is 1. The number of hydrogen-bond donors (Lipinski definition) is 1. The Morgan fingerprint density at radius 2 is 1.86 bits per heavy atom. The van der Waals surface area contributed by atoms with E-state index in [9.17, 15) is 24.8 Å². The molecule has 3 aromatic rings. The monoisotopic (exact) mass is 503 g/mol. The molecule has 1 amide bonds. The number of carbonyl (C=O) groups excluding carboxylic acids is 1. The molecule has 0 aromatic heterocycles. The third-order valence-electron chi connectivity index (χ3n) is 5.25. The van der Waals surface area contributed by atoms with Crippen LogP contribution in [0.3, 0.4) is 0 Å². The molecule has 10 heteroatoms. The van der Waals surface area contributed by atoms with Crippen LogP contribution in [0.1, 0.15) is 28.4 Å². The fourth-order valence-electron chi connectivity index (χ4n) is 3.38. The lowest BCUT2D eigenvalue weighted by Gasteiger charge is -2.12. The van der Waals surface area contributed by atoms with Crippen LogP contribution in [0.4, 0.5) is 11.4 Å². The summed E-state index contributed by atoms with van der Waals surface area (Å²) in [5.74, 6) is -0.592. The first-order valence-corrected chi connectivity index (χ1v) is 11.8. The van der Waals surface area contributed by atoms with Crippen molar-refractivity contribution in [1.82, 2.24) is 4.90 Å². The van der Waals surface area contributed by atoms with Crippen LogP contribution in [0.2, 0.25) is 0 Å². The summed E-state index contributed by atoms with van der Waals surface area (Å²) in [5.41, 5.74) is 2.22. The van der Waals surface area contributed by atoms with E-state index in [1.807, 2.05) is 19.1 Å². The number of carbonyl (C=O) groups is 2. The Bertz CT molecular complexity index is 1370. The van der Waals surface area contributed by atoms with Crippen molar-refractivity contribution < 1.29 is 24.4 Å². The minimum Gasteiger partial charge on any atom is -0.489 e. The number of rotatable bonds is 8. The summed E-state index contributed by atoms with van der Waals surface area (Å²) in [7, 11) is 0. The van der Waals surface area contributed by atoms with E-state index in [0.717, 1.165) is 11.1 Å². The van der Waals surface area contributed by atoms with Gasteiger partial charge in [-0.25, -0.2) is 9.79 Å². The van der Waals surface area contributed by atoms with Gasteiger partial charge in [-0.1, -0.05) is 18.2 Å². The van der Waals surface area contributed by atoms with Gasteiger partial charge >= 0.3 is 5.97 Å². The van der Waals surface area contributed by atoms with Crippen molar-refractivity contribution in [2.24, 2.45) is 4.99 Å². The molecule has 0 bridgehead atoms. The van der Waals surface area contributed by atoms with Gasteiger partial charge in [0.15, 0.2) is 5.17 Å². The zero-order valence-electron chi connectivity index (χ0n) is 19.2. The molecule has 36 heavy (non-hydrogen) atoms. The van der Waals surface area contributed by atoms with Crippen LogP contribution >= 0.6 is 11.8 Å². The standard InChI is InChI=1S/C26H21N3O6S/c1-2-28-24(30)23(36-26(28)27-20-5-3-4-19(15-20)25(31)32)14-17-8-12-22(13-9-17)35-16-18-6-10-21(11-7-18)29(33)34/h3-15H,2,16H2,1H3,(H,31,32)/b23-14+,27-26?. The van der Waals surface area contributed by atoms with Crippen LogP contribution < -0.4 is 4.74 Å². The van der Waals surface area contributed by atoms with E-state index in [4.69, 9.17) is 4.74 Å². The van der Waals surface area contributed by atoms with Gasteiger partial charge in [0, 0.05) is 18.7 Å². The highest BCUT2D eigenvalue weighted by atomic mass is 32.2. The SMILES string of the molecule is CCN1C(=O)/C(=C\c2ccc(OCc3ccc([N+](=O)[O-])cc3)cc2)SC1=Nc1cccc(C(=O)O)c1. The van der Waals surface area contributed by atoms with Crippen molar-refractivity contribution in [3.8, 4) is 5.75 Å². The van der Waals surface area contributed by atoms with Crippen molar-refractivity contribution in [1.29, 1.82) is 0 Å². The number of likely N-dealkylation sites (N-methyl/N-ethyl adjacent to an activating group) is 1. The van der Waals surface area contributed by atoms with Gasteiger partial charge in [0.2, 0.25) is 0 Å². The largest absolute Gasteiger partial charge is 0.489 e. The number of nitrogens with zero attached hydrogens (tertiary/aromatic N) is 3. The van der Waals surface area contributed by atoms with Gasteiger partial charge in [-0.2, -0.15) is 0 Å². The maximum Gasteiger partial charge on any atom is 0.335 e. The summed E-state index contributed by atoms with van der Waals surface area (Å²) in [5, 5.41) is 20.4. The number of benzene rings is 3. The molecule has 0 saturated carbocycles. The number of nitro benzene ring substituents is 1. The van der Waals surface area contributed by atoms with Crippen LogP contribution in [-0.2, 0) is 11.4 Å². The Kier molecular flexibility index (Phi) is 7.45. The second kappa shape index (κ2) is 10.9. The maximum atomic E-state index is 12.9. The molecule has 1 fully saturated rings. The fraction of sp³-hybridized carbons (Fsp3) is 0.115. The Hall–Kier alpha value is -4.44. The van der Waals surface area contributed by atoms with E-state index < -0.39 is 10.9 Å². The van der Waals surface area contributed by atoms with E-state index in [1.165, 1.54) is 36.0 Å². The summed E-state index contributed by atoms with van der Waals surface area (Å²) in [6.45, 7) is 2.54. The predicted octanol–water partition coefficient (Wildman–Crippen LogP) is 5.50. The third-order valence-corrected chi connectivity index (χ3v) is 6.26. The van der Waals surface area contributed by atoms with E-state index in [-0.39, 0.29) is 23.8 Å². The second-order valence-corrected chi connectivity index (χ2v) is 8.70. The van der Waals surface area contributed by atoms with Crippen molar-refractivity contribution in [3.05, 3.63) is 105 Å². The summed E-state index contributed by atoms with van der Waals surface area (Å²) < 4.78 is 5.75. The van der Waals surface area contributed by atoms with Gasteiger partial charge in [-0.15, -0.1) is 0 Å². The number of amides is 1. The molecule has 1 saturated heterocycles. The number of nitro groups is 1. The molecular formula is C26H21N3O6S. The highest BCUT2D eigenvalue weighted by molar-refractivity contribution is 8.18.